The zero-order chi connectivity index (χ0) is 22.0. The van der Waals surface area contributed by atoms with E-state index < -0.39 is 0 Å². The SMILES string of the molecule is CC(=O)c1nccc(COc2ccc(C3(c4cc(Cl)c(C)c(C#N)c4)CCC3)cc2)n1. The van der Waals surface area contributed by atoms with E-state index in [9.17, 15) is 10.1 Å². The Morgan fingerprint density at radius 2 is 1.94 bits per heavy atom. The van der Waals surface area contributed by atoms with Crippen molar-refractivity contribution < 1.29 is 9.53 Å². The molecule has 2 aromatic carbocycles. The molecule has 0 amide bonds. The normalized spacial score (nSPS) is 14.4. The third kappa shape index (κ3) is 4.04. The van der Waals surface area contributed by atoms with Crippen molar-refractivity contribution in [1.82, 2.24) is 9.97 Å². The Morgan fingerprint density at radius 3 is 2.55 bits per heavy atom. The van der Waals surface area contributed by atoms with Crippen molar-refractivity contribution in [3.63, 3.8) is 0 Å². The van der Waals surface area contributed by atoms with Crippen LogP contribution < -0.4 is 4.74 Å². The lowest BCUT2D eigenvalue weighted by Gasteiger charge is -2.43. The van der Waals surface area contributed by atoms with Gasteiger partial charge in [-0.1, -0.05) is 30.2 Å². The van der Waals surface area contributed by atoms with Gasteiger partial charge in [0.2, 0.25) is 0 Å². The minimum absolute atomic E-state index is 0.121. The number of Topliss-reactive ketones (excluding diaryl/α,β-unsaturated/α-hetero) is 1. The number of rotatable bonds is 6. The van der Waals surface area contributed by atoms with Crippen molar-refractivity contribution in [2.75, 3.05) is 0 Å². The number of hydrogen-bond acceptors (Lipinski definition) is 5. The predicted octanol–water partition coefficient (Wildman–Crippen LogP) is 5.56. The summed E-state index contributed by atoms with van der Waals surface area (Å²) < 4.78 is 5.86. The highest BCUT2D eigenvalue weighted by Gasteiger charge is 2.40. The van der Waals surface area contributed by atoms with E-state index in [0.29, 0.717) is 16.3 Å². The first-order chi connectivity index (χ1) is 14.9. The topological polar surface area (TPSA) is 75.9 Å². The quantitative estimate of drug-likeness (QED) is 0.477. The molecule has 4 rings (SSSR count). The molecule has 1 aromatic heterocycles. The average molecular weight is 432 g/mol. The summed E-state index contributed by atoms with van der Waals surface area (Å²) in [7, 11) is 0. The highest BCUT2D eigenvalue weighted by molar-refractivity contribution is 6.31. The molecule has 3 aromatic rings. The first kappa shape index (κ1) is 21.0. The van der Waals surface area contributed by atoms with E-state index in [-0.39, 0.29) is 23.6 Å². The Kier molecular flexibility index (Phi) is 5.75. The standard InChI is InChI=1S/C25H22ClN3O2/c1-16-18(14-27)12-20(13-23(16)26)25(9-3-10-25)19-4-6-22(7-5-19)31-15-21-8-11-28-24(29-21)17(2)30/h4-8,11-13H,3,9-10,15H2,1-2H3. The lowest BCUT2D eigenvalue weighted by molar-refractivity contribution is 0.100. The van der Waals surface area contributed by atoms with Crippen LogP contribution >= 0.6 is 11.6 Å². The van der Waals surface area contributed by atoms with Crippen LogP contribution in [-0.4, -0.2) is 15.8 Å². The summed E-state index contributed by atoms with van der Waals surface area (Å²) in [6, 6.07) is 16.0. The van der Waals surface area contributed by atoms with Crippen molar-refractivity contribution >= 4 is 17.4 Å². The molecule has 1 aliphatic rings. The lowest BCUT2D eigenvalue weighted by atomic mass is 9.60. The minimum Gasteiger partial charge on any atom is -0.487 e. The number of hydrogen-bond donors (Lipinski definition) is 0. The maximum atomic E-state index is 11.4. The third-order valence-corrected chi connectivity index (χ3v) is 6.44. The Morgan fingerprint density at radius 1 is 1.19 bits per heavy atom. The lowest BCUT2D eigenvalue weighted by Crippen LogP contribution is -2.35. The van der Waals surface area contributed by atoms with Gasteiger partial charge in [-0.2, -0.15) is 5.26 Å². The number of halogens is 1. The van der Waals surface area contributed by atoms with Gasteiger partial charge >= 0.3 is 0 Å². The first-order valence-electron chi connectivity index (χ1n) is 10.2. The smallest absolute Gasteiger partial charge is 0.196 e. The van der Waals surface area contributed by atoms with Crippen molar-refractivity contribution in [2.24, 2.45) is 0 Å². The molecule has 5 nitrogen and oxygen atoms in total. The fraction of sp³-hybridized carbons (Fsp3) is 0.280. The maximum Gasteiger partial charge on any atom is 0.196 e. The van der Waals surface area contributed by atoms with Gasteiger partial charge < -0.3 is 4.74 Å². The van der Waals surface area contributed by atoms with Crippen LogP contribution in [0.5, 0.6) is 5.75 Å². The van der Waals surface area contributed by atoms with E-state index in [1.165, 1.54) is 12.5 Å². The van der Waals surface area contributed by atoms with E-state index in [1.54, 1.807) is 12.3 Å². The van der Waals surface area contributed by atoms with Crippen LogP contribution in [0.15, 0.2) is 48.7 Å². The number of ketones is 1. The van der Waals surface area contributed by atoms with Gasteiger partial charge in [0.15, 0.2) is 11.6 Å². The van der Waals surface area contributed by atoms with Gasteiger partial charge in [-0.05, 0) is 66.8 Å². The summed E-state index contributed by atoms with van der Waals surface area (Å²) >= 11 is 6.43. The Balaban J connectivity index is 1.55. The molecule has 0 unspecified atom stereocenters. The third-order valence-electron chi connectivity index (χ3n) is 6.05. The molecule has 0 atom stereocenters. The fourth-order valence-corrected chi connectivity index (χ4v) is 4.24. The first-order valence-corrected chi connectivity index (χ1v) is 10.6. The van der Waals surface area contributed by atoms with Gasteiger partial charge in [-0.15, -0.1) is 0 Å². The number of carbonyl (C=O) groups excluding carboxylic acids is 1. The molecule has 0 aliphatic heterocycles. The molecule has 6 heteroatoms. The van der Waals surface area contributed by atoms with Crippen LogP contribution in [0, 0.1) is 18.3 Å². The zero-order valence-electron chi connectivity index (χ0n) is 17.5. The van der Waals surface area contributed by atoms with Crippen LogP contribution in [0.4, 0.5) is 0 Å². The van der Waals surface area contributed by atoms with E-state index in [2.05, 4.69) is 28.2 Å². The largest absolute Gasteiger partial charge is 0.487 e. The molecule has 0 saturated heterocycles. The van der Waals surface area contributed by atoms with Crippen molar-refractivity contribution in [3.8, 4) is 11.8 Å². The van der Waals surface area contributed by atoms with Gasteiger partial charge in [0, 0.05) is 23.6 Å². The summed E-state index contributed by atoms with van der Waals surface area (Å²) in [5, 5.41) is 10.1. The molecule has 1 heterocycles. The summed E-state index contributed by atoms with van der Waals surface area (Å²) in [5.74, 6) is 0.741. The highest BCUT2D eigenvalue weighted by atomic mass is 35.5. The number of aromatic nitrogens is 2. The van der Waals surface area contributed by atoms with E-state index in [1.807, 2.05) is 31.2 Å². The molecule has 156 valence electrons. The van der Waals surface area contributed by atoms with Crippen LogP contribution in [0.3, 0.4) is 0 Å². The van der Waals surface area contributed by atoms with Crippen molar-refractivity contribution in [3.05, 3.63) is 87.5 Å². The van der Waals surface area contributed by atoms with Crippen LogP contribution in [-0.2, 0) is 12.0 Å². The molecular weight excluding hydrogens is 410 g/mol. The van der Waals surface area contributed by atoms with Crippen LogP contribution in [0.25, 0.3) is 0 Å². The second-order valence-corrected chi connectivity index (χ2v) is 8.33. The molecule has 0 bridgehead atoms. The van der Waals surface area contributed by atoms with Gasteiger partial charge in [0.25, 0.3) is 0 Å². The summed E-state index contributed by atoms with van der Waals surface area (Å²) in [6.45, 7) is 3.57. The molecule has 1 saturated carbocycles. The number of nitriles is 1. The molecule has 1 fully saturated rings. The maximum absolute atomic E-state index is 11.4. The highest BCUT2D eigenvalue weighted by Crippen LogP contribution is 2.50. The molecular formula is C25H22ClN3O2. The number of benzene rings is 2. The number of ether oxygens (including phenoxy) is 1. The van der Waals surface area contributed by atoms with Gasteiger partial charge in [-0.3, -0.25) is 4.79 Å². The van der Waals surface area contributed by atoms with Crippen molar-refractivity contribution in [2.45, 2.75) is 45.1 Å². The fourth-order valence-electron chi connectivity index (χ4n) is 4.02. The van der Waals surface area contributed by atoms with E-state index in [0.717, 1.165) is 36.1 Å². The minimum atomic E-state index is -0.173. The van der Waals surface area contributed by atoms with E-state index in [4.69, 9.17) is 16.3 Å². The molecule has 0 spiro atoms. The average Bonchev–Trinajstić information content (AvgIpc) is 2.75. The van der Waals surface area contributed by atoms with Crippen LogP contribution in [0.1, 0.15) is 64.8 Å². The second-order valence-electron chi connectivity index (χ2n) is 7.92. The Hall–Kier alpha value is -3.23. The predicted molar refractivity (Wildman–Crippen MR) is 118 cm³/mol. The molecule has 31 heavy (non-hydrogen) atoms. The van der Waals surface area contributed by atoms with Crippen molar-refractivity contribution in [1.29, 1.82) is 5.26 Å². The number of carbonyl (C=O) groups is 1. The monoisotopic (exact) mass is 431 g/mol. The van der Waals surface area contributed by atoms with E-state index >= 15 is 0 Å². The number of nitrogens with zero attached hydrogens (tertiary/aromatic N) is 3. The Labute approximate surface area is 186 Å². The van der Waals surface area contributed by atoms with Gasteiger partial charge in [-0.25, -0.2) is 9.97 Å². The van der Waals surface area contributed by atoms with Gasteiger partial charge in [0.05, 0.1) is 17.3 Å². The van der Waals surface area contributed by atoms with Crippen LogP contribution in [0.2, 0.25) is 5.02 Å². The Bertz CT molecular complexity index is 1180. The zero-order valence-corrected chi connectivity index (χ0v) is 18.2. The summed E-state index contributed by atoms with van der Waals surface area (Å²) in [6.07, 6.45) is 4.74. The van der Waals surface area contributed by atoms with Gasteiger partial charge in [0.1, 0.15) is 12.4 Å². The second kappa shape index (κ2) is 8.49. The summed E-state index contributed by atoms with van der Waals surface area (Å²) in [5.41, 5.74) is 4.27. The molecule has 1 aliphatic carbocycles. The molecule has 0 radical (unpaired) electrons. The summed E-state index contributed by atoms with van der Waals surface area (Å²) in [4.78, 5) is 19.6. The molecule has 0 N–H and O–H groups in total.